The molecule has 112 valence electrons. The summed E-state index contributed by atoms with van der Waals surface area (Å²) in [4.78, 5) is 13.5. The standard InChI is InChI=1S/C15H22BrFN2O/c1-11(2)19(3)14-8-7-12(10-13(14)17)18-15(20)6-4-5-9-16/h7-8,10-11H,4-6,9H2,1-3H3,(H,18,20). The second-order valence-corrected chi connectivity index (χ2v) is 5.86. The normalized spacial score (nSPS) is 10.7. The van der Waals surface area contributed by atoms with Crippen molar-refractivity contribution in [3.8, 4) is 0 Å². The van der Waals surface area contributed by atoms with Crippen molar-refractivity contribution < 1.29 is 9.18 Å². The van der Waals surface area contributed by atoms with Crippen LogP contribution < -0.4 is 10.2 Å². The highest BCUT2D eigenvalue weighted by atomic mass is 79.9. The van der Waals surface area contributed by atoms with E-state index < -0.39 is 0 Å². The molecule has 5 heteroatoms. The highest BCUT2D eigenvalue weighted by Crippen LogP contribution is 2.23. The summed E-state index contributed by atoms with van der Waals surface area (Å²) in [6.07, 6.45) is 2.24. The molecule has 1 N–H and O–H groups in total. The van der Waals surface area contributed by atoms with Gasteiger partial charge in [0, 0.05) is 30.5 Å². The largest absolute Gasteiger partial charge is 0.370 e. The van der Waals surface area contributed by atoms with Gasteiger partial charge in [-0.1, -0.05) is 15.9 Å². The number of hydrogen-bond acceptors (Lipinski definition) is 2. The van der Waals surface area contributed by atoms with Crippen molar-refractivity contribution in [2.75, 3.05) is 22.6 Å². The van der Waals surface area contributed by atoms with E-state index in [4.69, 9.17) is 0 Å². The second kappa shape index (κ2) is 8.25. The van der Waals surface area contributed by atoms with Gasteiger partial charge in [0.25, 0.3) is 0 Å². The highest BCUT2D eigenvalue weighted by molar-refractivity contribution is 9.09. The molecule has 0 saturated heterocycles. The van der Waals surface area contributed by atoms with Crippen LogP contribution in [0.25, 0.3) is 0 Å². The summed E-state index contributed by atoms with van der Waals surface area (Å²) >= 11 is 3.32. The summed E-state index contributed by atoms with van der Waals surface area (Å²) in [7, 11) is 1.85. The Balaban J connectivity index is 2.65. The number of halogens is 2. The molecule has 0 aromatic heterocycles. The van der Waals surface area contributed by atoms with Crippen LogP contribution in [0.4, 0.5) is 15.8 Å². The number of unbranched alkanes of at least 4 members (excludes halogenated alkanes) is 1. The minimum atomic E-state index is -0.320. The molecular formula is C15H22BrFN2O. The lowest BCUT2D eigenvalue weighted by molar-refractivity contribution is -0.116. The fourth-order valence-corrected chi connectivity index (χ4v) is 2.15. The predicted octanol–water partition coefficient (Wildman–Crippen LogP) is 4.17. The van der Waals surface area contributed by atoms with E-state index in [0.717, 1.165) is 18.2 Å². The van der Waals surface area contributed by atoms with Gasteiger partial charge >= 0.3 is 0 Å². The lowest BCUT2D eigenvalue weighted by Crippen LogP contribution is -2.26. The molecule has 0 heterocycles. The highest BCUT2D eigenvalue weighted by Gasteiger charge is 2.11. The van der Waals surface area contributed by atoms with Gasteiger partial charge in [0.15, 0.2) is 0 Å². The Kier molecular flexibility index (Phi) is 6.99. The van der Waals surface area contributed by atoms with Crippen molar-refractivity contribution in [1.29, 1.82) is 0 Å². The Morgan fingerprint density at radius 2 is 2.10 bits per heavy atom. The molecule has 0 unspecified atom stereocenters. The summed E-state index contributed by atoms with van der Waals surface area (Å²) in [6.45, 7) is 4.00. The van der Waals surface area contributed by atoms with Gasteiger partial charge in [0.2, 0.25) is 5.91 Å². The molecule has 0 bridgehead atoms. The number of nitrogens with one attached hydrogen (secondary N) is 1. The molecule has 1 amide bonds. The van der Waals surface area contributed by atoms with E-state index in [9.17, 15) is 9.18 Å². The second-order valence-electron chi connectivity index (χ2n) is 5.07. The summed E-state index contributed by atoms with van der Waals surface area (Å²) in [5, 5.41) is 3.62. The number of benzene rings is 1. The Morgan fingerprint density at radius 3 is 2.65 bits per heavy atom. The molecule has 1 rings (SSSR count). The molecule has 0 fully saturated rings. The number of hydrogen-bond donors (Lipinski definition) is 1. The third kappa shape index (κ3) is 5.12. The third-order valence-electron chi connectivity index (χ3n) is 3.17. The molecular weight excluding hydrogens is 323 g/mol. The average molecular weight is 345 g/mol. The van der Waals surface area contributed by atoms with Gasteiger partial charge < -0.3 is 10.2 Å². The van der Waals surface area contributed by atoms with Crippen LogP contribution in [-0.4, -0.2) is 24.3 Å². The molecule has 20 heavy (non-hydrogen) atoms. The van der Waals surface area contributed by atoms with Crippen LogP contribution in [0.2, 0.25) is 0 Å². The molecule has 0 aliphatic rings. The zero-order chi connectivity index (χ0) is 15.1. The van der Waals surface area contributed by atoms with Crippen LogP contribution >= 0.6 is 15.9 Å². The molecule has 0 saturated carbocycles. The van der Waals surface area contributed by atoms with Crippen molar-refractivity contribution in [1.82, 2.24) is 0 Å². The molecule has 3 nitrogen and oxygen atoms in total. The molecule has 0 radical (unpaired) electrons. The zero-order valence-corrected chi connectivity index (χ0v) is 13.8. The SMILES string of the molecule is CC(C)N(C)c1ccc(NC(=O)CCCCBr)cc1F. The van der Waals surface area contributed by atoms with E-state index in [1.165, 1.54) is 6.07 Å². The number of nitrogens with zero attached hydrogens (tertiary/aromatic N) is 1. The Bertz CT molecular complexity index is 451. The van der Waals surface area contributed by atoms with E-state index in [1.54, 1.807) is 12.1 Å². The van der Waals surface area contributed by atoms with Crippen LogP contribution in [0.3, 0.4) is 0 Å². The molecule has 0 aliphatic heterocycles. The van der Waals surface area contributed by atoms with Crippen LogP contribution in [0.1, 0.15) is 33.1 Å². The van der Waals surface area contributed by atoms with E-state index in [1.807, 2.05) is 25.8 Å². The smallest absolute Gasteiger partial charge is 0.224 e. The first-order valence-electron chi connectivity index (χ1n) is 6.84. The van der Waals surface area contributed by atoms with Crippen molar-refractivity contribution in [2.45, 2.75) is 39.2 Å². The van der Waals surface area contributed by atoms with Gasteiger partial charge in [0.05, 0.1) is 5.69 Å². The van der Waals surface area contributed by atoms with Crippen LogP contribution in [0.5, 0.6) is 0 Å². The van der Waals surface area contributed by atoms with E-state index in [0.29, 0.717) is 17.8 Å². The minimum absolute atomic E-state index is 0.0738. The topological polar surface area (TPSA) is 32.3 Å². The average Bonchev–Trinajstić information content (AvgIpc) is 2.38. The van der Waals surface area contributed by atoms with Gasteiger partial charge in [0.1, 0.15) is 5.82 Å². The zero-order valence-electron chi connectivity index (χ0n) is 12.2. The first kappa shape index (κ1) is 17.0. The molecule has 0 aliphatic carbocycles. The first-order valence-corrected chi connectivity index (χ1v) is 7.96. The number of rotatable bonds is 7. The van der Waals surface area contributed by atoms with E-state index in [2.05, 4.69) is 21.2 Å². The number of carbonyl (C=O) groups excluding carboxylic acids is 1. The fourth-order valence-electron chi connectivity index (χ4n) is 1.75. The predicted molar refractivity (Wildman–Crippen MR) is 86.2 cm³/mol. The van der Waals surface area contributed by atoms with Gasteiger partial charge in [-0.15, -0.1) is 0 Å². The fraction of sp³-hybridized carbons (Fsp3) is 0.533. The number of carbonyl (C=O) groups is 1. The van der Waals surface area contributed by atoms with Gasteiger partial charge in [-0.05, 0) is 44.9 Å². The Labute approximate surface area is 128 Å². The summed E-state index contributed by atoms with van der Waals surface area (Å²) in [5.74, 6) is -0.394. The number of alkyl halides is 1. The maximum Gasteiger partial charge on any atom is 0.224 e. The molecule has 1 aromatic carbocycles. The van der Waals surface area contributed by atoms with Gasteiger partial charge in [-0.3, -0.25) is 4.79 Å². The summed E-state index contributed by atoms with van der Waals surface area (Å²) < 4.78 is 14.0. The maximum atomic E-state index is 14.0. The number of amides is 1. The Hall–Kier alpha value is -1.10. The third-order valence-corrected chi connectivity index (χ3v) is 3.73. The van der Waals surface area contributed by atoms with Crippen molar-refractivity contribution in [3.05, 3.63) is 24.0 Å². The lowest BCUT2D eigenvalue weighted by Gasteiger charge is -2.24. The number of anilines is 2. The molecule has 0 spiro atoms. The maximum absolute atomic E-state index is 14.0. The van der Waals surface area contributed by atoms with Crippen LogP contribution in [0.15, 0.2) is 18.2 Å². The van der Waals surface area contributed by atoms with Crippen LogP contribution in [0, 0.1) is 5.82 Å². The first-order chi connectivity index (χ1) is 9.45. The van der Waals surface area contributed by atoms with Gasteiger partial charge in [-0.2, -0.15) is 0 Å². The molecule has 1 aromatic rings. The van der Waals surface area contributed by atoms with Crippen LogP contribution in [-0.2, 0) is 4.79 Å². The summed E-state index contributed by atoms with van der Waals surface area (Å²) in [5.41, 5.74) is 1.05. The van der Waals surface area contributed by atoms with Gasteiger partial charge in [-0.25, -0.2) is 4.39 Å². The molecule has 0 atom stereocenters. The van der Waals surface area contributed by atoms with E-state index >= 15 is 0 Å². The van der Waals surface area contributed by atoms with Crippen molar-refractivity contribution in [2.24, 2.45) is 0 Å². The monoisotopic (exact) mass is 344 g/mol. The summed E-state index contributed by atoms with van der Waals surface area (Å²) in [6, 6.07) is 5.02. The lowest BCUT2D eigenvalue weighted by atomic mass is 10.2. The van der Waals surface area contributed by atoms with Crippen molar-refractivity contribution in [3.63, 3.8) is 0 Å². The quantitative estimate of drug-likeness (QED) is 0.594. The van der Waals surface area contributed by atoms with Crippen molar-refractivity contribution >= 4 is 33.2 Å². The Morgan fingerprint density at radius 1 is 1.40 bits per heavy atom. The van der Waals surface area contributed by atoms with E-state index in [-0.39, 0.29) is 17.8 Å². The minimum Gasteiger partial charge on any atom is -0.370 e.